The van der Waals surface area contributed by atoms with Crippen molar-refractivity contribution in [2.45, 2.75) is 17.6 Å². The van der Waals surface area contributed by atoms with Gasteiger partial charge in [0.05, 0.1) is 22.8 Å². The Morgan fingerprint density at radius 1 is 1.00 bits per heavy atom. The van der Waals surface area contributed by atoms with Crippen molar-refractivity contribution in [3.05, 3.63) is 70.8 Å². The van der Waals surface area contributed by atoms with E-state index in [2.05, 4.69) is 0 Å². The highest BCUT2D eigenvalue weighted by atomic mass is 32.2. The van der Waals surface area contributed by atoms with Crippen molar-refractivity contribution >= 4 is 35.5 Å². The molecule has 3 rings (SSSR count). The molecule has 2 aromatic carbocycles. The van der Waals surface area contributed by atoms with E-state index in [1.54, 1.807) is 24.3 Å². The lowest BCUT2D eigenvalue weighted by Gasteiger charge is -2.21. The Morgan fingerprint density at radius 2 is 1.73 bits per heavy atom. The van der Waals surface area contributed by atoms with Crippen LogP contribution in [-0.2, 0) is 16.1 Å². The van der Waals surface area contributed by atoms with Crippen LogP contribution in [0.2, 0.25) is 0 Å². The van der Waals surface area contributed by atoms with Gasteiger partial charge in [0.1, 0.15) is 6.61 Å². The molecule has 26 heavy (non-hydrogen) atoms. The molecule has 4 nitrogen and oxygen atoms in total. The fourth-order valence-electron chi connectivity index (χ4n) is 2.59. The molecule has 0 aromatic heterocycles. The maximum atomic E-state index is 12.3. The van der Waals surface area contributed by atoms with E-state index in [-0.39, 0.29) is 12.6 Å². The van der Waals surface area contributed by atoms with Crippen LogP contribution in [0.15, 0.2) is 48.5 Å². The van der Waals surface area contributed by atoms with Crippen LogP contribution in [0.4, 0.5) is 0 Å². The van der Waals surface area contributed by atoms with Gasteiger partial charge in [-0.2, -0.15) is 0 Å². The summed E-state index contributed by atoms with van der Waals surface area (Å²) >= 11 is 3.91. The standard InChI is InChI=1S/C20H20O4S2/c1-23-18(21)17-5-2-4-14(12-17)13-24-19(22)15-6-8-16(9-7-15)20-25-10-3-11-26-20/h2,4-9,12,20H,3,10-11,13H2,1H3. The van der Waals surface area contributed by atoms with E-state index >= 15 is 0 Å². The second-order valence-electron chi connectivity index (χ2n) is 5.82. The number of carbonyl (C=O) groups is 2. The topological polar surface area (TPSA) is 52.6 Å². The highest BCUT2D eigenvalue weighted by Gasteiger charge is 2.17. The summed E-state index contributed by atoms with van der Waals surface area (Å²) in [6.07, 6.45) is 1.26. The number of thioether (sulfide) groups is 2. The van der Waals surface area contributed by atoms with E-state index in [9.17, 15) is 9.59 Å². The zero-order valence-electron chi connectivity index (χ0n) is 14.5. The number of hydrogen-bond acceptors (Lipinski definition) is 6. The van der Waals surface area contributed by atoms with Crippen molar-refractivity contribution in [3.63, 3.8) is 0 Å². The molecule has 0 atom stereocenters. The normalized spacial score (nSPS) is 14.7. The molecule has 0 radical (unpaired) electrons. The fraction of sp³-hybridized carbons (Fsp3) is 0.300. The lowest BCUT2D eigenvalue weighted by molar-refractivity contribution is 0.0472. The maximum absolute atomic E-state index is 12.3. The maximum Gasteiger partial charge on any atom is 0.338 e. The highest BCUT2D eigenvalue weighted by Crippen LogP contribution is 2.43. The number of ether oxygens (including phenoxy) is 2. The summed E-state index contributed by atoms with van der Waals surface area (Å²) in [7, 11) is 1.34. The Kier molecular flexibility index (Phi) is 6.63. The smallest absolute Gasteiger partial charge is 0.338 e. The minimum absolute atomic E-state index is 0.111. The molecule has 6 heteroatoms. The number of rotatable bonds is 5. The minimum Gasteiger partial charge on any atom is -0.465 e. The number of esters is 2. The Morgan fingerprint density at radius 3 is 2.42 bits per heavy atom. The molecule has 1 aliphatic heterocycles. The van der Waals surface area contributed by atoms with Gasteiger partial charge in [0.2, 0.25) is 0 Å². The van der Waals surface area contributed by atoms with E-state index in [1.807, 2.05) is 47.8 Å². The SMILES string of the molecule is COC(=O)c1cccc(COC(=O)c2ccc(C3SCCCS3)cc2)c1. The van der Waals surface area contributed by atoms with Gasteiger partial charge in [0, 0.05) is 0 Å². The molecule has 0 aliphatic carbocycles. The predicted molar refractivity (Wildman–Crippen MR) is 106 cm³/mol. The number of methoxy groups -OCH3 is 1. The fourth-order valence-corrected chi connectivity index (χ4v) is 5.49. The second-order valence-corrected chi connectivity index (χ2v) is 8.54. The third-order valence-electron chi connectivity index (χ3n) is 3.96. The zero-order chi connectivity index (χ0) is 18.4. The van der Waals surface area contributed by atoms with E-state index in [4.69, 9.17) is 9.47 Å². The first-order valence-corrected chi connectivity index (χ1v) is 10.4. The van der Waals surface area contributed by atoms with Gasteiger partial charge in [-0.3, -0.25) is 0 Å². The first-order chi connectivity index (χ1) is 12.7. The summed E-state index contributed by atoms with van der Waals surface area (Å²) < 4.78 is 10.5. The van der Waals surface area contributed by atoms with Crippen LogP contribution in [0.3, 0.4) is 0 Å². The van der Waals surface area contributed by atoms with Crippen molar-refractivity contribution in [3.8, 4) is 0 Å². The molecular weight excluding hydrogens is 368 g/mol. The van der Waals surface area contributed by atoms with Crippen LogP contribution in [0.1, 0.15) is 42.8 Å². The average Bonchev–Trinajstić information content (AvgIpc) is 2.72. The van der Waals surface area contributed by atoms with Gasteiger partial charge in [-0.1, -0.05) is 24.3 Å². The highest BCUT2D eigenvalue weighted by molar-refractivity contribution is 8.16. The molecule has 0 bridgehead atoms. The molecule has 1 aliphatic rings. The van der Waals surface area contributed by atoms with Gasteiger partial charge in [0.15, 0.2) is 0 Å². The summed E-state index contributed by atoms with van der Waals surface area (Å²) in [5, 5.41) is 0. The molecule has 1 heterocycles. The first kappa shape index (κ1) is 18.9. The van der Waals surface area contributed by atoms with Crippen LogP contribution in [0, 0.1) is 0 Å². The van der Waals surface area contributed by atoms with Crippen molar-refractivity contribution in [2.24, 2.45) is 0 Å². The lowest BCUT2D eigenvalue weighted by atomic mass is 10.1. The van der Waals surface area contributed by atoms with E-state index in [1.165, 1.54) is 30.6 Å². The summed E-state index contributed by atoms with van der Waals surface area (Å²) in [5.41, 5.74) is 2.95. The Bertz CT molecular complexity index is 768. The number of benzene rings is 2. The third kappa shape index (κ3) is 4.83. The molecule has 2 aromatic rings. The van der Waals surface area contributed by atoms with Crippen LogP contribution in [0.5, 0.6) is 0 Å². The molecule has 0 saturated carbocycles. The van der Waals surface area contributed by atoms with Gasteiger partial charge in [-0.25, -0.2) is 9.59 Å². The molecule has 0 N–H and O–H groups in total. The molecule has 1 saturated heterocycles. The predicted octanol–water partition coefficient (Wildman–Crippen LogP) is 4.70. The Balaban J connectivity index is 1.59. The van der Waals surface area contributed by atoms with Crippen LogP contribution in [0.25, 0.3) is 0 Å². The van der Waals surface area contributed by atoms with E-state index < -0.39 is 5.97 Å². The van der Waals surface area contributed by atoms with Crippen molar-refractivity contribution < 1.29 is 19.1 Å². The van der Waals surface area contributed by atoms with Gasteiger partial charge in [-0.15, -0.1) is 23.5 Å². The van der Waals surface area contributed by atoms with Gasteiger partial charge >= 0.3 is 11.9 Å². The van der Waals surface area contributed by atoms with Gasteiger partial charge < -0.3 is 9.47 Å². The van der Waals surface area contributed by atoms with Gasteiger partial charge in [0.25, 0.3) is 0 Å². The minimum atomic E-state index is -0.410. The number of carbonyl (C=O) groups excluding carboxylic acids is 2. The molecular formula is C20H20O4S2. The monoisotopic (exact) mass is 388 g/mol. The molecule has 0 unspecified atom stereocenters. The van der Waals surface area contributed by atoms with Crippen molar-refractivity contribution in [1.82, 2.24) is 0 Å². The van der Waals surface area contributed by atoms with E-state index in [0.29, 0.717) is 15.7 Å². The van der Waals surface area contributed by atoms with Crippen molar-refractivity contribution in [1.29, 1.82) is 0 Å². The largest absolute Gasteiger partial charge is 0.465 e. The van der Waals surface area contributed by atoms with Crippen molar-refractivity contribution in [2.75, 3.05) is 18.6 Å². The number of hydrogen-bond donors (Lipinski definition) is 0. The average molecular weight is 389 g/mol. The Hall–Kier alpha value is -1.92. The second kappa shape index (κ2) is 9.14. The van der Waals surface area contributed by atoms with Crippen LogP contribution in [-0.4, -0.2) is 30.6 Å². The summed E-state index contributed by atoms with van der Waals surface area (Å²) in [4.78, 5) is 23.8. The zero-order valence-corrected chi connectivity index (χ0v) is 16.1. The molecule has 0 amide bonds. The summed E-state index contributed by atoms with van der Waals surface area (Å²) in [5.74, 6) is 1.59. The summed E-state index contributed by atoms with van der Waals surface area (Å²) in [6, 6.07) is 14.5. The quantitative estimate of drug-likeness (QED) is 0.692. The summed E-state index contributed by atoms with van der Waals surface area (Å²) in [6.45, 7) is 0.111. The lowest BCUT2D eigenvalue weighted by Crippen LogP contribution is -2.07. The van der Waals surface area contributed by atoms with Crippen LogP contribution < -0.4 is 0 Å². The molecule has 1 fully saturated rings. The third-order valence-corrected chi connectivity index (χ3v) is 6.98. The van der Waals surface area contributed by atoms with Crippen LogP contribution >= 0.6 is 23.5 Å². The Labute approximate surface area is 161 Å². The van der Waals surface area contributed by atoms with E-state index in [0.717, 1.165) is 5.56 Å². The molecule has 0 spiro atoms. The van der Waals surface area contributed by atoms with Gasteiger partial charge in [-0.05, 0) is 53.3 Å². The first-order valence-electron chi connectivity index (χ1n) is 8.35. The molecule has 136 valence electrons.